The van der Waals surface area contributed by atoms with Crippen molar-refractivity contribution in [2.75, 3.05) is 13.2 Å². The maximum Gasteiger partial charge on any atom is 0.374 e. The van der Waals surface area contributed by atoms with Crippen LogP contribution in [0.2, 0.25) is 0 Å². The molecule has 1 heterocycles. The van der Waals surface area contributed by atoms with Gasteiger partial charge in [0.2, 0.25) is 5.91 Å². The van der Waals surface area contributed by atoms with Gasteiger partial charge in [-0.25, -0.2) is 4.79 Å². The summed E-state index contributed by atoms with van der Waals surface area (Å²) < 4.78 is 9.21. The van der Waals surface area contributed by atoms with Crippen LogP contribution in [0.25, 0.3) is 0 Å². The molecule has 7 N–H and O–H groups in total. The van der Waals surface area contributed by atoms with Gasteiger partial charge in [0, 0.05) is 13.3 Å². The summed E-state index contributed by atoms with van der Waals surface area (Å²) in [4.78, 5) is 34.0. The average molecular weight is 367 g/mol. The molecule has 6 atom stereocenters. The van der Waals surface area contributed by atoms with Crippen molar-refractivity contribution in [1.82, 2.24) is 5.32 Å². The summed E-state index contributed by atoms with van der Waals surface area (Å²) in [5.41, 5.74) is 0. The van der Waals surface area contributed by atoms with Crippen molar-refractivity contribution in [2.45, 2.75) is 49.6 Å². The number of hydrogen-bond acceptors (Lipinski definition) is 11. The van der Waals surface area contributed by atoms with Gasteiger partial charge in [-0.15, -0.1) is 0 Å². The molecule has 12 heteroatoms. The van der Waals surface area contributed by atoms with Crippen LogP contribution in [0.4, 0.5) is 0 Å². The van der Waals surface area contributed by atoms with Crippen molar-refractivity contribution in [3.63, 3.8) is 0 Å². The standard InChI is InChI=1S/C13H21NO11/c1-5(17)24-12(22)13(23)2-6(18)9(14-8(20)4-16)11(25-13)10(21)7(19)3-15/h6-7,9-11,15-16,18-19,21,23H,2-4H2,1H3,(H,14,20)/t6-,7+,9+,10+,11+,13?/m0/s1. The minimum atomic E-state index is -2.85. The highest BCUT2D eigenvalue weighted by atomic mass is 16.7. The molecule has 144 valence electrons. The molecule has 0 aromatic carbocycles. The fraction of sp³-hybridized carbons (Fsp3) is 0.769. The van der Waals surface area contributed by atoms with Crippen LogP contribution >= 0.6 is 0 Å². The van der Waals surface area contributed by atoms with E-state index in [4.69, 9.17) is 14.9 Å². The minimum absolute atomic E-state index is 0.839. The molecule has 0 aromatic heterocycles. The molecule has 1 saturated heterocycles. The predicted octanol–water partition coefficient (Wildman–Crippen LogP) is -4.89. The molecule has 0 bridgehead atoms. The molecule has 0 radical (unpaired) electrons. The summed E-state index contributed by atoms with van der Waals surface area (Å²) in [7, 11) is 0. The van der Waals surface area contributed by atoms with Gasteiger partial charge in [0.05, 0.1) is 18.8 Å². The molecule has 0 spiro atoms. The van der Waals surface area contributed by atoms with Crippen molar-refractivity contribution in [1.29, 1.82) is 0 Å². The summed E-state index contributed by atoms with van der Waals surface area (Å²) >= 11 is 0. The van der Waals surface area contributed by atoms with Gasteiger partial charge in [-0.05, 0) is 0 Å². The molecular weight excluding hydrogens is 346 g/mol. The highest BCUT2D eigenvalue weighted by molar-refractivity contribution is 5.88. The smallest absolute Gasteiger partial charge is 0.374 e. The Morgan fingerprint density at radius 1 is 1.32 bits per heavy atom. The first kappa shape index (κ1) is 21.4. The van der Waals surface area contributed by atoms with Gasteiger partial charge in [-0.3, -0.25) is 9.59 Å². The van der Waals surface area contributed by atoms with E-state index < -0.39 is 73.7 Å². The Kier molecular flexibility index (Phi) is 7.37. The third-order valence-corrected chi connectivity index (χ3v) is 3.53. The number of aliphatic hydroxyl groups is 6. The molecule has 1 amide bonds. The number of hydrogen-bond donors (Lipinski definition) is 7. The summed E-state index contributed by atoms with van der Waals surface area (Å²) in [6, 6.07) is -1.46. The molecule has 0 aliphatic carbocycles. The third kappa shape index (κ3) is 5.15. The second-order valence-corrected chi connectivity index (χ2v) is 5.51. The van der Waals surface area contributed by atoms with Gasteiger partial charge < -0.3 is 45.4 Å². The topological polar surface area (TPSA) is 203 Å². The lowest BCUT2D eigenvalue weighted by Crippen LogP contribution is -2.67. The van der Waals surface area contributed by atoms with Gasteiger partial charge in [0.15, 0.2) is 0 Å². The van der Waals surface area contributed by atoms with E-state index >= 15 is 0 Å². The molecule has 1 aliphatic rings. The van der Waals surface area contributed by atoms with Crippen LogP contribution in [0, 0.1) is 0 Å². The maximum absolute atomic E-state index is 11.8. The highest BCUT2D eigenvalue weighted by Gasteiger charge is 2.54. The maximum atomic E-state index is 11.8. The predicted molar refractivity (Wildman–Crippen MR) is 75.3 cm³/mol. The van der Waals surface area contributed by atoms with E-state index in [0.717, 1.165) is 6.92 Å². The van der Waals surface area contributed by atoms with Crippen LogP contribution in [0.15, 0.2) is 0 Å². The summed E-state index contributed by atoms with van der Waals surface area (Å²) in [5.74, 6) is -6.46. The molecule has 1 rings (SSSR count). The molecule has 0 aromatic rings. The molecule has 12 nitrogen and oxygen atoms in total. The van der Waals surface area contributed by atoms with Crippen LogP contribution < -0.4 is 5.32 Å². The first-order valence-electron chi connectivity index (χ1n) is 7.24. The van der Waals surface area contributed by atoms with Gasteiger partial charge in [0.1, 0.15) is 24.9 Å². The molecule has 1 unspecified atom stereocenters. The second kappa shape index (κ2) is 8.62. The van der Waals surface area contributed by atoms with Crippen molar-refractivity contribution < 1.29 is 54.5 Å². The lowest BCUT2D eigenvalue weighted by Gasteiger charge is -2.45. The van der Waals surface area contributed by atoms with Gasteiger partial charge in [-0.2, -0.15) is 0 Å². The number of esters is 2. The summed E-state index contributed by atoms with van der Waals surface area (Å²) in [6.45, 7) is -1.02. The minimum Gasteiger partial charge on any atom is -0.394 e. The number of aliphatic hydroxyl groups excluding tert-OH is 5. The van der Waals surface area contributed by atoms with E-state index in [1.54, 1.807) is 0 Å². The average Bonchev–Trinajstić information content (AvgIpc) is 2.54. The van der Waals surface area contributed by atoms with E-state index in [0.29, 0.717) is 0 Å². The largest absolute Gasteiger partial charge is 0.394 e. The summed E-state index contributed by atoms with van der Waals surface area (Å²) in [6.07, 6.45) is -8.09. The monoisotopic (exact) mass is 367 g/mol. The van der Waals surface area contributed by atoms with E-state index in [9.17, 15) is 34.8 Å². The van der Waals surface area contributed by atoms with Crippen LogP contribution in [-0.4, -0.2) is 97.9 Å². The van der Waals surface area contributed by atoms with Gasteiger partial charge >= 0.3 is 11.9 Å². The zero-order valence-corrected chi connectivity index (χ0v) is 13.2. The first-order valence-corrected chi connectivity index (χ1v) is 7.24. The summed E-state index contributed by atoms with van der Waals surface area (Å²) in [5, 5.41) is 59.7. The van der Waals surface area contributed by atoms with E-state index in [1.807, 2.05) is 0 Å². The highest BCUT2D eigenvalue weighted by Crippen LogP contribution is 2.31. The molecule has 1 fully saturated rings. The van der Waals surface area contributed by atoms with Crippen molar-refractivity contribution in [2.24, 2.45) is 0 Å². The number of ether oxygens (including phenoxy) is 2. The zero-order chi connectivity index (χ0) is 19.4. The normalized spacial score (nSPS) is 31.7. The number of rotatable bonds is 6. The van der Waals surface area contributed by atoms with Gasteiger partial charge in [-0.1, -0.05) is 0 Å². The van der Waals surface area contributed by atoms with E-state index in [2.05, 4.69) is 10.1 Å². The zero-order valence-electron chi connectivity index (χ0n) is 13.2. The molecular formula is C13H21NO11. The Hall–Kier alpha value is -1.67. The Bertz CT molecular complexity index is 512. The lowest BCUT2D eigenvalue weighted by molar-refractivity contribution is -0.296. The third-order valence-electron chi connectivity index (χ3n) is 3.53. The van der Waals surface area contributed by atoms with E-state index in [-0.39, 0.29) is 0 Å². The Balaban J connectivity index is 3.12. The Morgan fingerprint density at radius 3 is 2.40 bits per heavy atom. The number of carbonyl (C=O) groups is 3. The van der Waals surface area contributed by atoms with Crippen molar-refractivity contribution in [3.05, 3.63) is 0 Å². The molecule has 25 heavy (non-hydrogen) atoms. The van der Waals surface area contributed by atoms with Crippen molar-refractivity contribution >= 4 is 17.8 Å². The van der Waals surface area contributed by atoms with E-state index in [1.165, 1.54) is 0 Å². The molecule has 0 saturated carbocycles. The van der Waals surface area contributed by atoms with Crippen LogP contribution in [0.3, 0.4) is 0 Å². The SMILES string of the molecule is CC(=O)OC(=O)C1(O)C[C@H](O)[C@@H](NC(=O)CO)[C@H]([C@H](O)[C@H](O)CO)O1. The fourth-order valence-electron chi connectivity index (χ4n) is 2.34. The molecule has 1 aliphatic heterocycles. The van der Waals surface area contributed by atoms with Crippen LogP contribution in [0.1, 0.15) is 13.3 Å². The fourth-order valence-corrected chi connectivity index (χ4v) is 2.34. The van der Waals surface area contributed by atoms with Crippen molar-refractivity contribution in [3.8, 4) is 0 Å². The van der Waals surface area contributed by atoms with Crippen LogP contribution in [-0.2, 0) is 23.9 Å². The van der Waals surface area contributed by atoms with Gasteiger partial charge in [0.25, 0.3) is 5.79 Å². The lowest BCUT2D eigenvalue weighted by atomic mass is 9.88. The number of carbonyl (C=O) groups excluding carboxylic acids is 3. The first-order chi connectivity index (χ1) is 11.6. The quantitative estimate of drug-likeness (QED) is 0.175. The Labute approximate surface area is 141 Å². The Morgan fingerprint density at radius 2 is 1.92 bits per heavy atom. The number of amides is 1. The second-order valence-electron chi connectivity index (χ2n) is 5.51. The number of nitrogens with one attached hydrogen (secondary N) is 1. The van der Waals surface area contributed by atoms with Crippen LogP contribution in [0.5, 0.6) is 0 Å².